The van der Waals surface area contributed by atoms with Crippen LogP contribution in [0, 0.1) is 0 Å². The minimum absolute atomic E-state index is 0.316. The summed E-state index contributed by atoms with van der Waals surface area (Å²) in [7, 11) is 0. The summed E-state index contributed by atoms with van der Waals surface area (Å²) in [5.74, 6) is 0.501. The number of hydrogen-bond donors (Lipinski definition) is 1. The molecule has 0 saturated heterocycles. The molecule has 30 heavy (non-hydrogen) atoms. The Bertz CT molecular complexity index is 1070. The Hall–Kier alpha value is -3.27. The van der Waals surface area contributed by atoms with Crippen molar-refractivity contribution in [1.82, 2.24) is 24.4 Å². The van der Waals surface area contributed by atoms with Crippen molar-refractivity contribution in [2.45, 2.75) is 32.2 Å². The summed E-state index contributed by atoms with van der Waals surface area (Å²) >= 11 is 0. The van der Waals surface area contributed by atoms with Gasteiger partial charge in [0.05, 0.1) is 28.9 Å². The fourth-order valence-corrected chi connectivity index (χ4v) is 3.24. The van der Waals surface area contributed by atoms with E-state index in [1.165, 1.54) is 6.07 Å². The summed E-state index contributed by atoms with van der Waals surface area (Å²) < 4.78 is 40.3. The number of aliphatic imine (C=N–C) groups is 1. The van der Waals surface area contributed by atoms with Gasteiger partial charge in [0.25, 0.3) is 0 Å². The fourth-order valence-electron chi connectivity index (χ4n) is 3.24. The summed E-state index contributed by atoms with van der Waals surface area (Å²) in [6.07, 6.45) is 2.88. The molecule has 156 valence electrons. The molecule has 0 amide bonds. The van der Waals surface area contributed by atoms with Crippen molar-refractivity contribution >= 4 is 12.0 Å². The molecule has 0 spiro atoms. The van der Waals surface area contributed by atoms with Crippen molar-refractivity contribution in [2.75, 3.05) is 6.54 Å². The van der Waals surface area contributed by atoms with Gasteiger partial charge < -0.3 is 10.0 Å². The van der Waals surface area contributed by atoms with Crippen molar-refractivity contribution < 1.29 is 18.3 Å². The minimum Gasteiger partial charge on any atom is -0.389 e. The number of nitrogens with zero attached hydrogens (tertiary/aromatic N) is 6. The van der Waals surface area contributed by atoms with Crippen LogP contribution in [0.3, 0.4) is 0 Å². The minimum atomic E-state index is -4.46. The predicted octanol–water partition coefficient (Wildman–Crippen LogP) is 3.59. The first kappa shape index (κ1) is 20.0. The predicted molar refractivity (Wildman–Crippen MR) is 104 cm³/mol. The van der Waals surface area contributed by atoms with E-state index < -0.39 is 17.3 Å². The molecular weight excluding hydrogens is 397 g/mol. The molecule has 0 fully saturated rings. The summed E-state index contributed by atoms with van der Waals surface area (Å²) in [5.41, 5.74) is 0.455. The maximum atomic E-state index is 12.9. The Balaban J connectivity index is 1.77. The number of halogens is 3. The quantitative estimate of drug-likeness (QED) is 0.703. The first-order chi connectivity index (χ1) is 14.1. The van der Waals surface area contributed by atoms with Crippen LogP contribution in [0.2, 0.25) is 0 Å². The van der Waals surface area contributed by atoms with Crippen LogP contribution in [0.15, 0.2) is 48.1 Å². The lowest BCUT2D eigenvalue weighted by molar-refractivity contribution is -0.137. The van der Waals surface area contributed by atoms with Gasteiger partial charge in [-0.2, -0.15) is 13.2 Å². The number of rotatable bonds is 4. The summed E-state index contributed by atoms with van der Waals surface area (Å²) in [6.45, 7) is 4.24. The van der Waals surface area contributed by atoms with Gasteiger partial charge in [-0.25, -0.2) is 15.0 Å². The normalized spacial score (nSPS) is 14.1. The smallest absolute Gasteiger partial charge is 0.389 e. The molecule has 0 radical (unpaired) electrons. The molecule has 4 rings (SSSR count). The lowest BCUT2D eigenvalue weighted by Gasteiger charge is -2.30. The van der Waals surface area contributed by atoms with Crippen LogP contribution >= 0.6 is 0 Å². The Labute approximate surface area is 170 Å². The molecule has 0 aliphatic carbocycles. The second-order valence-electron chi connectivity index (χ2n) is 7.70. The van der Waals surface area contributed by atoms with Gasteiger partial charge in [-0.15, -0.1) is 0 Å². The van der Waals surface area contributed by atoms with E-state index in [0.29, 0.717) is 36.0 Å². The molecule has 4 heterocycles. The Morgan fingerprint density at radius 3 is 2.57 bits per heavy atom. The highest BCUT2D eigenvalue weighted by atomic mass is 19.4. The van der Waals surface area contributed by atoms with E-state index in [-0.39, 0.29) is 0 Å². The maximum Gasteiger partial charge on any atom is 0.417 e. The summed E-state index contributed by atoms with van der Waals surface area (Å²) in [4.78, 5) is 19.0. The van der Waals surface area contributed by atoms with Gasteiger partial charge in [0, 0.05) is 37.2 Å². The van der Waals surface area contributed by atoms with Gasteiger partial charge in [-0.3, -0.25) is 9.55 Å². The van der Waals surface area contributed by atoms with Crippen LogP contribution in [0.25, 0.3) is 17.2 Å². The third-order valence-electron chi connectivity index (χ3n) is 4.47. The molecule has 1 aliphatic rings. The van der Waals surface area contributed by atoms with Gasteiger partial charge in [-0.05, 0) is 32.0 Å². The number of hydrogen-bond acceptors (Lipinski definition) is 6. The zero-order valence-electron chi connectivity index (χ0n) is 16.3. The van der Waals surface area contributed by atoms with Crippen LogP contribution < -0.4 is 0 Å². The standard InChI is InChI=1S/C20H19F3N6O/c1-19(2,30)10-28-9-13-7-16(15-4-3-14(8-25-15)20(21,22)23)27-18(17(13)26-12-28)29-6-5-24-11-29/h3-8,11-12,30H,9-10H2,1-2H3. The molecule has 3 aromatic heterocycles. The number of aliphatic hydroxyl groups is 1. The van der Waals surface area contributed by atoms with E-state index in [1.54, 1.807) is 49.5 Å². The molecule has 10 heteroatoms. The average molecular weight is 416 g/mol. The van der Waals surface area contributed by atoms with E-state index >= 15 is 0 Å². The molecule has 1 aliphatic heterocycles. The largest absolute Gasteiger partial charge is 0.417 e. The lowest BCUT2D eigenvalue weighted by Crippen LogP contribution is -2.38. The molecule has 0 unspecified atom stereocenters. The van der Waals surface area contributed by atoms with Crippen LogP contribution in [0.5, 0.6) is 0 Å². The molecule has 3 aromatic rings. The van der Waals surface area contributed by atoms with Crippen LogP contribution in [-0.4, -0.2) is 48.0 Å². The maximum absolute atomic E-state index is 12.9. The van der Waals surface area contributed by atoms with Gasteiger partial charge >= 0.3 is 6.18 Å². The van der Waals surface area contributed by atoms with Crippen LogP contribution in [0.4, 0.5) is 18.9 Å². The number of aromatic nitrogens is 4. The second-order valence-corrected chi connectivity index (χ2v) is 7.70. The lowest BCUT2D eigenvalue weighted by atomic mass is 10.1. The van der Waals surface area contributed by atoms with Crippen molar-refractivity contribution in [1.29, 1.82) is 0 Å². The van der Waals surface area contributed by atoms with Crippen molar-refractivity contribution in [3.05, 3.63) is 54.2 Å². The zero-order valence-corrected chi connectivity index (χ0v) is 16.3. The Morgan fingerprint density at radius 2 is 1.97 bits per heavy atom. The first-order valence-corrected chi connectivity index (χ1v) is 9.17. The van der Waals surface area contributed by atoms with Crippen LogP contribution in [0.1, 0.15) is 25.0 Å². The van der Waals surface area contributed by atoms with Gasteiger partial charge in [0.15, 0.2) is 5.82 Å². The number of β-amino-alcohol motifs (C(OH)–C–C–N with tert-alkyl or cyclic N) is 1. The van der Waals surface area contributed by atoms with E-state index in [0.717, 1.165) is 17.8 Å². The third kappa shape index (κ3) is 4.18. The number of fused-ring (bicyclic) bond motifs is 1. The van der Waals surface area contributed by atoms with Gasteiger partial charge in [0.2, 0.25) is 0 Å². The molecule has 1 N–H and O–H groups in total. The molecule has 7 nitrogen and oxygen atoms in total. The summed E-state index contributed by atoms with van der Waals surface area (Å²) in [5, 5.41) is 10.1. The molecule has 0 bridgehead atoms. The first-order valence-electron chi connectivity index (χ1n) is 9.17. The van der Waals surface area contributed by atoms with E-state index in [4.69, 9.17) is 0 Å². The SMILES string of the molecule is CC(C)(O)CN1C=Nc2c(cc(-c3ccc(C(F)(F)F)cn3)nc2-n2ccnc2)C1. The molecule has 0 atom stereocenters. The van der Waals surface area contributed by atoms with Crippen molar-refractivity contribution in [3.8, 4) is 17.2 Å². The number of alkyl halides is 3. The summed E-state index contributed by atoms with van der Waals surface area (Å²) in [6, 6.07) is 4.05. The van der Waals surface area contributed by atoms with E-state index in [2.05, 4.69) is 19.9 Å². The third-order valence-corrected chi connectivity index (χ3v) is 4.47. The van der Waals surface area contributed by atoms with E-state index in [1.807, 2.05) is 4.90 Å². The fraction of sp³-hybridized carbons (Fsp3) is 0.300. The highest BCUT2D eigenvalue weighted by Gasteiger charge is 2.31. The molecular formula is C20H19F3N6O. The van der Waals surface area contributed by atoms with Crippen molar-refractivity contribution in [3.63, 3.8) is 0 Å². The second kappa shape index (κ2) is 7.21. The molecule has 0 saturated carbocycles. The van der Waals surface area contributed by atoms with Gasteiger partial charge in [0.1, 0.15) is 12.0 Å². The number of pyridine rings is 2. The highest BCUT2D eigenvalue weighted by molar-refractivity contribution is 5.74. The highest BCUT2D eigenvalue weighted by Crippen LogP contribution is 2.34. The monoisotopic (exact) mass is 416 g/mol. The van der Waals surface area contributed by atoms with Gasteiger partial charge in [-0.1, -0.05) is 0 Å². The zero-order chi connectivity index (χ0) is 21.5. The topological polar surface area (TPSA) is 79.4 Å². The number of imidazole rings is 1. The van der Waals surface area contributed by atoms with E-state index in [9.17, 15) is 18.3 Å². The van der Waals surface area contributed by atoms with Crippen molar-refractivity contribution in [2.24, 2.45) is 4.99 Å². The Kier molecular flexibility index (Phi) is 4.81. The van der Waals surface area contributed by atoms with Crippen LogP contribution in [-0.2, 0) is 12.7 Å². The molecule has 0 aromatic carbocycles. The average Bonchev–Trinajstić information content (AvgIpc) is 3.19. The Morgan fingerprint density at radius 1 is 1.17 bits per heavy atom.